The van der Waals surface area contributed by atoms with Gasteiger partial charge < -0.3 is 16.4 Å². The number of carbonyl (C=O) groups excluding carboxylic acids is 2. The number of anilines is 2. The van der Waals surface area contributed by atoms with E-state index in [1.54, 1.807) is 30.1 Å². The van der Waals surface area contributed by atoms with Gasteiger partial charge in [0.1, 0.15) is 0 Å². The quantitative estimate of drug-likeness (QED) is 0.663. The van der Waals surface area contributed by atoms with Crippen LogP contribution < -0.4 is 16.4 Å². The van der Waals surface area contributed by atoms with Gasteiger partial charge in [0.25, 0.3) is 0 Å². The first-order valence-electron chi connectivity index (χ1n) is 6.72. The summed E-state index contributed by atoms with van der Waals surface area (Å²) in [4.78, 5) is 25.0. The Kier molecular flexibility index (Phi) is 6.98. The molecule has 21 heavy (non-hydrogen) atoms. The van der Waals surface area contributed by atoms with Crippen molar-refractivity contribution < 1.29 is 9.59 Å². The molecule has 0 fully saturated rings. The van der Waals surface area contributed by atoms with Crippen molar-refractivity contribution >= 4 is 34.8 Å². The molecular weight excluding hydrogens is 292 g/mol. The molecule has 0 aliphatic heterocycles. The van der Waals surface area contributed by atoms with E-state index in [4.69, 9.17) is 17.3 Å². The van der Waals surface area contributed by atoms with Gasteiger partial charge >= 0.3 is 0 Å². The van der Waals surface area contributed by atoms with Crippen LogP contribution in [0.25, 0.3) is 0 Å². The zero-order chi connectivity index (χ0) is 15.8. The van der Waals surface area contributed by atoms with Crippen molar-refractivity contribution in [2.45, 2.75) is 13.3 Å². The molecule has 0 aromatic heterocycles. The summed E-state index contributed by atoms with van der Waals surface area (Å²) >= 11 is 5.98. The van der Waals surface area contributed by atoms with Crippen LogP contribution in [0.15, 0.2) is 18.2 Å². The highest BCUT2D eigenvalue weighted by molar-refractivity contribution is 6.34. The lowest BCUT2D eigenvalue weighted by Crippen LogP contribution is -2.36. The minimum atomic E-state index is -0.163. The van der Waals surface area contributed by atoms with Crippen LogP contribution in [0, 0.1) is 0 Å². The summed E-state index contributed by atoms with van der Waals surface area (Å²) in [5.41, 5.74) is 6.66. The molecule has 0 unspecified atom stereocenters. The number of amides is 2. The molecule has 0 saturated carbocycles. The second kappa shape index (κ2) is 8.49. The van der Waals surface area contributed by atoms with Crippen LogP contribution in [-0.2, 0) is 9.59 Å². The largest absolute Gasteiger partial charge is 0.399 e. The molecule has 0 saturated heterocycles. The highest BCUT2D eigenvalue weighted by atomic mass is 35.5. The molecule has 4 N–H and O–H groups in total. The van der Waals surface area contributed by atoms with Gasteiger partial charge in [0.2, 0.25) is 11.8 Å². The second-order valence-electron chi connectivity index (χ2n) is 4.73. The zero-order valence-corrected chi connectivity index (χ0v) is 13.0. The van der Waals surface area contributed by atoms with Crippen LogP contribution in [0.2, 0.25) is 5.02 Å². The minimum absolute atomic E-state index is 0.0537. The molecular formula is C14H21ClN4O2. The van der Waals surface area contributed by atoms with E-state index in [9.17, 15) is 9.59 Å². The Bertz CT molecular complexity index is 508. The Labute approximate surface area is 129 Å². The SMILES string of the molecule is CCNC(=O)CN(C)CCC(=O)Nc1ccc(N)cc1Cl. The summed E-state index contributed by atoms with van der Waals surface area (Å²) < 4.78 is 0. The van der Waals surface area contributed by atoms with Crippen molar-refractivity contribution in [3.8, 4) is 0 Å². The van der Waals surface area contributed by atoms with Gasteiger partial charge in [-0.1, -0.05) is 11.6 Å². The van der Waals surface area contributed by atoms with Gasteiger partial charge in [-0.15, -0.1) is 0 Å². The number of halogens is 1. The Balaban J connectivity index is 2.38. The number of likely N-dealkylation sites (N-methyl/N-ethyl adjacent to an activating group) is 2. The maximum absolute atomic E-state index is 11.8. The number of hydrogen-bond donors (Lipinski definition) is 3. The third-order valence-electron chi connectivity index (χ3n) is 2.78. The monoisotopic (exact) mass is 312 g/mol. The van der Waals surface area contributed by atoms with Crippen molar-refractivity contribution in [3.05, 3.63) is 23.2 Å². The lowest BCUT2D eigenvalue weighted by Gasteiger charge is -2.15. The van der Waals surface area contributed by atoms with Crippen molar-refractivity contribution in [2.24, 2.45) is 0 Å². The first-order valence-corrected chi connectivity index (χ1v) is 7.10. The molecule has 0 atom stereocenters. The number of benzene rings is 1. The molecule has 0 spiro atoms. The first kappa shape index (κ1) is 17.3. The maximum Gasteiger partial charge on any atom is 0.234 e. The summed E-state index contributed by atoms with van der Waals surface area (Å²) in [6.07, 6.45) is 0.274. The molecule has 0 aliphatic carbocycles. The van der Waals surface area contributed by atoms with Gasteiger partial charge in [0.05, 0.1) is 17.3 Å². The first-order chi connectivity index (χ1) is 9.92. The highest BCUT2D eigenvalue weighted by Crippen LogP contribution is 2.24. The third kappa shape index (κ3) is 6.46. The number of nitrogens with one attached hydrogen (secondary N) is 2. The molecule has 0 heterocycles. The number of rotatable bonds is 7. The van der Waals surface area contributed by atoms with E-state index in [0.29, 0.717) is 29.5 Å². The number of nitrogens with two attached hydrogens (primary N) is 1. The van der Waals surface area contributed by atoms with Crippen molar-refractivity contribution in [1.82, 2.24) is 10.2 Å². The van der Waals surface area contributed by atoms with Crippen molar-refractivity contribution in [1.29, 1.82) is 0 Å². The molecule has 0 bridgehead atoms. The summed E-state index contributed by atoms with van der Waals surface area (Å²) in [5.74, 6) is -0.216. The maximum atomic E-state index is 11.8. The Morgan fingerprint density at radius 3 is 2.67 bits per heavy atom. The zero-order valence-electron chi connectivity index (χ0n) is 12.3. The van der Waals surface area contributed by atoms with E-state index in [2.05, 4.69) is 10.6 Å². The molecule has 0 radical (unpaired) electrons. The fraction of sp³-hybridized carbons (Fsp3) is 0.429. The topological polar surface area (TPSA) is 87.5 Å². The number of nitrogen functional groups attached to an aromatic ring is 1. The number of hydrogen-bond acceptors (Lipinski definition) is 4. The van der Waals surface area contributed by atoms with Gasteiger partial charge in [0.15, 0.2) is 0 Å². The highest BCUT2D eigenvalue weighted by Gasteiger charge is 2.09. The summed E-state index contributed by atoms with van der Waals surface area (Å²) in [6, 6.07) is 4.91. The standard InChI is InChI=1S/C14H21ClN4O2/c1-3-17-14(21)9-19(2)7-6-13(20)18-12-5-4-10(16)8-11(12)15/h4-5,8H,3,6-7,9,16H2,1-2H3,(H,17,21)(H,18,20). The fourth-order valence-corrected chi connectivity index (χ4v) is 1.95. The van der Waals surface area contributed by atoms with E-state index in [1.165, 1.54) is 0 Å². The van der Waals surface area contributed by atoms with Crippen LogP contribution >= 0.6 is 11.6 Å². The Morgan fingerprint density at radius 2 is 2.05 bits per heavy atom. The van der Waals surface area contributed by atoms with Gasteiger partial charge in [0, 0.05) is 25.2 Å². The Hall–Kier alpha value is -1.79. The van der Waals surface area contributed by atoms with Crippen LogP contribution in [0.1, 0.15) is 13.3 Å². The summed E-state index contributed by atoms with van der Waals surface area (Å²) in [7, 11) is 1.79. The molecule has 1 aromatic rings. The lowest BCUT2D eigenvalue weighted by atomic mass is 10.2. The van der Waals surface area contributed by atoms with Gasteiger partial charge in [-0.2, -0.15) is 0 Å². The minimum Gasteiger partial charge on any atom is -0.399 e. The third-order valence-corrected chi connectivity index (χ3v) is 3.09. The van der Waals surface area contributed by atoms with Crippen molar-refractivity contribution in [2.75, 3.05) is 37.7 Å². The van der Waals surface area contributed by atoms with E-state index >= 15 is 0 Å². The normalized spacial score (nSPS) is 10.5. The predicted octanol–water partition coefficient (Wildman–Crippen LogP) is 1.32. The average molecular weight is 313 g/mol. The van der Waals surface area contributed by atoms with Crippen LogP contribution in [0.5, 0.6) is 0 Å². The van der Waals surface area contributed by atoms with Gasteiger partial charge in [-0.05, 0) is 32.2 Å². The van der Waals surface area contributed by atoms with Crippen LogP contribution in [-0.4, -0.2) is 43.4 Å². The lowest BCUT2D eigenvalue weighted by molar-refractivity contribution is -0.122. The van der Waals surface area contributed by atoms with Crippen LogP contribution in [0.3, 0.4) is 0 Å². The average Bonchev–Trinajstić information content (AvgIpc) is 2.40. The molecule has 1 rings (SSSR count). The van der Waals surface area contributed by atoms with Gasteiger partial charge in [-0.3, -0.25) is 14.5 Å². The van der Waals surface area contributed by atoms with E-state index in [1.807, 2.05) is 6.92 Å². The fourth-order valence-electron chi connectivity index (χ4n) is 1.72. The molecule has 116 valence electrons. The second-order valence-corrected chi connectivity index (χ2v) is 5.14. The predicted molar refractivity (Wildman–Crippen MR) is 85.3 cm³/mol. The molecule has 1 aromatic carbocycles. The van der Waals surface area contributed by atoms with E-state index < -0.39 is 0 Å². The summed E-state index contributed by atoms with van der Waals surface area (Å²) in [5, 5.41) is 5.83. The van der Waals surface area contributed by atoms with Gasteiger partial charge in [-0.25, -0.2) is 0 Å². The van der Waals surface area contributed by atoms with E-state index in [0.717, 1.165) is 0 Å². The van der Waals surface area contributed by atoms with Crippen LogP contribution in [0.4, 0.5) is 11.4 Å². The molecule has 7 heteroatoms. The molecule has 2 amide bonds. The number of carbonyl (C=O) groups is 2. The molecule has 0 aliphatic rings. The Morgan fingerprint density at radius 1 is 1.33 bits per heavy atom. The van der Waals surface area contributed by atoms with Crippen molar-refractivity contribution in [3.63, 3.8) is 0 Å². The molecule has 6 nitrogen and oxygen atoms in total. The number of nitrogens with zero attached hydrogens (tertiary/aromatic N) is 1. The summed E-state index contributed by atoms with van der Waals surface area (Å²) in [6.45, 7) is 3.21. The smallest absolute Gasteiger partial charge is 0.234 e. The van der Waals surface area contributed by atoms with E-state index in [-0.39, 0.29) is 24.8 Å².